The molecule has 96 valence electrons. The lowest BCUT2D eigenvalue weighted by atomic mass is 9.90. The molecule has 0 bridgehead atoms. The minimum absolute atomic E-state index is 0.0501. The molecule has 3 N–H and O–H groups in total. The molecule has 1 atom stereocenters. The van der Waals surface area contributed by atoms with E-state index < -0.39 is 17.2 Å². The van der Waals surface area contributed by atoms with Crippen LogP contribution in [0.5, 0.6) is 0 Å². The molecule has 0 spiro atoms. The SMILES string of the molecule is COC(=O)[C@](O)(CCO)CCCC(C)(C)O. The van der Waals surface area contributed by atoms with E-state index in [1.165, 1.54) is 7.11 Å². The zero-order valence-electron chi connectivity index (χ0n) is 10.2. The zero-order chi connectivity index (χ0) is 12.8. The van der Waals surface area contributed by atoms with E-state index in [2.05, 4.69) is 4.74 Å². The second-order valence-electron chi connectivity index (χ2n) is 4.66. The Labute approximate surface area is 96.0 Å². The van der Waals surface area contributed by atoms with Crippen molar-refractivity contribution in [2.45, 2.75) is 50.7 Å². The monoisotopic (exact) mass is 234 g/mol. The summed E-state index contributed by atoms with van der Waals surface area (Å²) in [5.74, 6) is -0.739. The summed E-state index contributed by atoms with van der Waals surface area (Å²) in [5, 5.41) is 28.2. The van der Waals surface area contributed by atoms with Gasteiger partial charge in [0.1, 0.15) is 0 Å². The lowest BCUT2D eigenvalue weighted by Gasteiger charge is -2.26. The molecule has 0 aromatic carbocycles. The Kier molecular flexibility index (Phi) is 5.92. The third-order valence-electron chi connectivity index (χ3n) is 2.47. The maximum atomic E-state index is 11.3. The van der Waals surface area contributed by atoms with Gasteiger partial charge in [0.2, 0.25) is 0 Å². The first-order valence-electron chi connectivity index (χ1n) is 5.39. The fraction of sp³-hybridized carbons (Fsp3) is 0.909. The van der Waals surface area contributed by atoms with E-state index in [1.807, 2.05) is 0 Å². The van der Waals surface area contributed by atoms with Gasteiger partial charge in [-0.25, -0.2) is 4.79 Å². The summed E-state index contributed by atoms with van der Waals surface area (Å²) >= 11 is 0. The van der Waals surface area contributed by atoms with E-state index >= 15 is 0 Å². The Bertz CT molecular complexity index is 221. The summed E-state index contributed by atoms with van der Waals surface area (Å²) in [5.41, 5.74) is -2.47. The van der Waals surface area contributed by atoms with Crippen LogP contribution >= 0.6 is 0 Å². The highest BCUT2D eigenvalue weighted by Gasteiger charge is 2.36. The highest BCUT2D eigenvalue weighted by atomic mass is 16.5. The van der Waals surface area contributed by atoms with Crippen molar-refractivity contribution >= 4 is 5.97 Å². The van der Waals surface area contributed by atoms with Crippen LogP contribution in [0.4, 0.5) is 0 Å². The van der Waals surface area contributed by atoms with Crippen molar-refractivity contribution in [1.82, 2.24) is 0 Å². The summed E-state index contributed by atoms with van der Waals surface area (Å²) in [6.07, 6.45) is 1.07. The second-order valence-corrected chi connectivity index (χ2v) is 4.66. The molecule has 0 fully saturated rings. The first kappa shape index (κ1) is 15.3. The van der Waals surface area contributed by atoms with Crippen LogP contribution in [0, 0.1) is 0 Å². The molecular weight excluding hydrogens is 212 g/mol. The minimum atomic E-state index is -1.64. The summed E-state index contributed by atoms with van der Waals surface area (Å²) in [4.78, 5) is 11.3. The van der Waals surface area contributed by atoms with E-state index in [0.717, 1.165) is 0 Å². The third kappa shape index (κ3) is 5.44. The maximum absolute atomic E-state index is 11.3. The molecule has 0 aliphatic rings. The number of methoxy groups -OCH3 is 1. The van der Waals surface area contributed by atoms with E-state index in [1.54, 1.807) is 13.8 Å². The van der Waals surface area contributed by atoms with Crippen molar-refractivity contribution in [2.24, 2.45) is 0 Å². The van der Waals surface area contributed by atoms with Crippen LogP contribution in [0.15, 0.2) is 0 Å². The zero-order valence-corrected chi connectivity index (χ0v) is 10.2. The summed E-state index contributed by atoms with van der Waals surface area (Å²) in [6, 6.07) is 0. The van der Waals surface area contributed by atoms with Crippen LogP contribution in [-0.2, 0) is 9.53 Å². The van der Waals surface area contributed by atoms with Gasteiger partial charge in [0.15, 0.2) is 5.60 Å². The van der Waals surface area contributed by atoms with Crippen molar-refractivity contribution < 1.29 is 24.9 Å². The van der Waals surface area contributed by atoms with Crippen LogP contribution in [0.2, 0.25) is 0 Å². The topological polar surface area (TPSA) is 87.0 Å². The van der Waals surface area contributed by atoms with Gasteiger partial charge in [-0.15, -0.1) is 0 Å². The number of carbonyl (C=O) groups is 1. The standard InChI is InChI=1S/C11H22O5/c1-10(2,14)5-4-6-11(15,7-8-12)9(13)16-3/h12,14-15H,4-8H2,1-3H3/t11-/m1/s1. The second kappa shape index (κ2) is 6.18. The smallest absolute Gasteiger partial charge is 0.337 e. The Morgan fingerprint density at radius 1 is 1.19 bits per heavy atom. The number of carbonyl (C=O) groups excluding carboxylic acids is 1. The van der Waals surface area contributed by atoms with Crippen molar-refractivity contribution in [1.29, 1.82) is 0 Å². The molecule has 0 aromatic rings. The summed E-state index contributed by atoms with van der Waals surface area (Å²) in [6.45, 7) is 3.04. The molecule has 0 aliphatic heterocycles. The van der Waals surface area contributed by atoms with Gasteiger partial charge < -0.3 is 20.1 Å². The molecular formula is C11H22O5. The van der Waals surface area contributed by atoms with Crippen LogP contribution < -0.4 is 0 Å². The molecule has 5 heteroatoms. The molecule has 0 amide bonds. The fourth-order valence-electron chi connectivity index (χ4n) is 1.52. The van der Waals surface area contributed by atoms with Crippen molar-refractivity contribution in [2.75, 3.05) is 13.7 Å². The highest BCUT2D eigenvalue weighted by molar-refractivity contribution is 5.79. The van der Waals surface area contributed by atoms with Crippen molar-refractivity contribution in [3.05, 3.63) is 0 Å². The summed E-state index contributed by atoms with van der Waals surface area (Å²) < 4.78 is 4.49. The highest BCUT2D eigenvalue weighted by Crippen LogP contribution is 2.22. The van der Waals surface area contributed by atoms with E-state index in [-0.39, 0.29) is 19.4 Å². The Balaban J connectivity index is 4.28. The van der Waals surface area contributed by atoms with Gasteiger partial charge in [0, 0.05) is 13.0 Å². The molecule has 0 heterocycles. The molecule has 0 aliphatic carbocycles. The number of esters is 1. The van der Waals surface area contributed by atoms with Gasteiger partial charge in [-0.1, -0.05) is 0 Å². The Hall–Kier alpha value is -0.650. The maximum Gasteiger partial charge on any atom is 0.337 e. The van der Waals surface area contributed by atoms with Gasteiger partial charge in [-0.2, -0.15) is 0 Å². The fourth-order valence-corrected chi connectivity index (χ4v) is 1.52. The van der Waals surface area contributed by atoms with Gasteiger partial charge in [0.25, 0.3) is 0 Å². The van der Waals surface area contributed by atoms with Crippen LogP contribution in [0.1, 0.15) is 39.5 Å². The predicted octanol–water partition coefficient (Wildman–Crippen LogP) is 0.214. The molecule has 0 aromatic heterocycles. The number of hydrogen-bond donors (Lipinski definition) is 3. The summed E-state index contributed by atoms with van der Waals surface area (Å²) in [7, 11) is 1.20. The van der Waals surface area contributed by atoms with Crippen molar-refractivity contribution in [3.63, 3.8) is 0 Å². The average Bonchev–Trinajstić information content (AvgIpc) is 2.14. The normalized spacial score (nSPS) is 15.6. The molecule has 0 saturated carbocycles. The molecule has 0 saturated heterocycles. The Morgan fingerprint density at radius 3 is 2.12 bits per heavy atom. The minimum Gasteiger partial charge on any atom is -0.467 e. The number of rotatable bonds is 7. The molecule has 0 rings (SSSR count). The van der Waals surface area contributed by atoms with Crippen LogP contribution in [-0.4, -0.2) is 46.2 Å². The average molecular weight is 234 g/mol. The molecule has 16 heavy (non-hydrogen) atoms. The molecule has 0 unspecified atom stereocenters. The Morgan fingerprint density at radius 2 is 1.75 bits per heavy atom. The quantitative estimate of drug-likeness (QED) is 0.548. The lowest BCUT2D eigenvalue weighted by molar-refractivity contribution is -0.165. The number of ether oxygens (including phenoxy) is 1. The van der Waals surface area contributed by atoms with Crippen LogP contribution in [0.25, 0.3) is 0 Å². The van der Waals surface area contributed by atoms with Gasteiger partial charge in [-0.3, -0.25) is 0 Å². The predicted molar refractivity (Wildman–Crippen MR) is 58.8 cm³/mol. The van der Waals surface area contributed by atoms with Crippen molar-refractivity contribution in [3.8, 4) is 0 Å². The van der Waals surface area contributed by atoms with E-state index in [0.29, 0.717) is 12.8 Å². The number of aliphatic hydroxyl groups excluding tert-OH is 1. The van der Waals surface area contributed by atoms with Gasteiger partial charge in [0.05, 0.1) is 12.7 Å². The lowest BCUT2D eigenvalue weighted by Crippen LogP contribution is -2.41. The number of hydrogen-bond acceptors (Lipinski definition) is 5. The molecule has 0 radical (unpaired) electrons. The third-order valence-corrected chi connectivity index (χ3v) is 2.47. The first-order chi connectivity index (χ1) is 7.25. The van der Waals surface area contributed by atoms with E-state index in [4.69, 9.17) is 5.11 Å². The number of aliphatic hydroxyl groups is 3. The van der Waals surface area contributed by atoms with E-state index in [9.17, 15) is 15.0 Å². The van der Waals surface area contributed by atoms with Gasteiger partial charge in [-0.05, 0) is 33.1 Å². The largest absolute Gasteiger partial charge is 0.467 e. The first-order valence-corrected chi connectivity index (χ1v) is 5.39. The van der Waals surface area contributed by atoms with Crippen LogP contribution in [0.3, 0.4) is 0 Å². The molecule has 5 nitrogen and oxygen atoms in total. The van der Waals surface area contributed by atoms with Gasteiger partial charge >= 0.3 is 5.97 Å².